The highest BCUT2D eigenvalue weighted by atomic mass is 19.4. The first-order valence-corrected chi connectivity index (χ1v) is 7.64. The van der Waals surface area contributed by atoms with Crippen LogP contribution in [0.25, 0.3) is 0 Å². The van der Waals surface area contributed by atoms with Crippen LogP contribution in [0.5, 0.6) is 5.75 Å². The van der Waals surface area contributed by atoms with E-state index in [2.05, 4.69) is 5.10 Å². The van der Waals surface area contributed by atoms with Gasteiger partial charge in [0, 0.05) is 11.3 Å². The Morgan fingerprint density at radius 2 is 1.96 bits per heavy atom. The molecule has 1 heterocycles. The van der Waals surface area contributed by atoms with E-state index in [1.165, 1.54) is 24.3 Å². The number of hydrogen-bond acceptors (Lipinski definition) is 4. The number of halogens is 3. The summed E-state index contributed by atoms with van der Waals surface area (Å²) >= 11 is 0. The van der Waals surface area contributed by atoms with E-state index in [-0.39, 0.29) is 34.4 Å². The molecule has 1 saturated carbocycles. The van der Waals surface area contributed by atoms with Crippen molar-refractivity contribution < 1.29 is 28.2 Å². The number of alkyl halides is 3. The quantitative estimate of drug-likeness (QED) is 0.824. The fourth-order valence-corrected chi connectivity index (χ4v) is 3.34. The van der Waals surface area contributed by atoms with Crippen LogP contribution in [-0.4, -0.2) is 38.7 Å². The summed E-state index contributed by atoms with van der Waals surface area (Å²) in [5.74, 6) is -2.41. The first-order valence-electron chi connectivity index (χ1n) is 7.64. The number of carbonyl (C=O) groups excluding carboxylic acids is 1. The highest BCUT2D eigenvalue weighted by Gasteiger charge is 2.68. The van der Waals surface area contributed by atoms with Crippen LogP contribution in [0.4, 0.5) is 13.2 Å². The molecule has 0 saturated heterocycles. The topological polar surface area (TPSA) is 73.1 Å². The fraction of sp³-hybridized carbons (Fsp3) is 0.500. The van der Waals surface area contributed by atoms with Crippen molar-refractivity contribution in [1.29, 1.82) is 0 Å². The summed E-state index contributed by atoms with van der Waals surface area (Å²) in [6.07, 6.45) is -3.92. The second-order valence-corrected chi connectivity index (χ2v) is 6.41. The average Bonchev–Trinajstić information content (AvgIpc) is 2.81. The summed E-state index contributed by atoms with van der Waals surface area (Å²) in [4.78, 5) is 12.5. The van der Waals surface area contributed by atoms with Gasteiger partial charge in [-0.3, -0.25) is 4.79 Å². The Morgan fingerprint density at radius 1 is 1.33 bits per heavy atom. The number of rotatable bonds is 1. The third-order valence-corrected chi connectivity index (χ3v) is 4.69. The van der Waals surface area contributed by atoms with E-state index < -0.39 is 23.7 Å². The Labute approximate surface area is 136 Å². The van der Waals surface area contributed by atoms with Crippen LogP contribution in [0.3, 0.4) is 0 Å². The normalized spacial score (nSPS) is 30.0. The lowest BCUT2D eigenvalue weighted by Gasteiger charge is -2.39. The van der Waals surface area contributed by atoms with Gasteiger partial charge in [0.25, 0.3) is 11.6 Å². The first-order chi connectivity index (χ1) is 11.1. The SMILES string of the molecule is C[C@@H]1CCC2=NN(C(=O)c3ccc(O)cc3)[C@](O)(C(F)(F)F)[C@@H]2C1. The zero-order chi connectivity index (χ0) is 17.7. The van der Waals surface area contributed by atoms with E-state index >= 15 is 0 Å². The number of carbonyl (C=O) groups is 1. The van der Waals surface area contributed by atoms with Crippen molar-refractivity contribution in [1.82, 2.24) is 5.01 Å². The molecule has 3 atom stereocenters. The summed E-state index contributed by atoms with van der Waals surface area (Å²) < 4.78 is 41.0. The van der Waals surface area contributed by atoms with Crippen LogP contribution in [0.1, 0.15) is 36.5 Å². The number of fused-ring (bicyclic) bond motifs is 1. The number of benzene rings is 1. The highest BCUT2D eigenvalue weighted by molar-refractivity contribution is 5.99. The Hall–Kier alpha value is -2.09. The maximum atomic E-state index is 13.7. The second kappa shape index (κ2) is 5.47. The third kappa shape index (κ3) is 2.45. The van der Waals surface area contributed by atoms with Gasteiger partial charge >= 0.3 is 6.18 Å². The number of hydrogen-bond donors (Lipinski definition) is 2. The molecule has 0 spiro atoms. The zero-order valence-electron chi connectivity index (χ0n) is 12.9. The first kappa shape index (κ1) is 16.8. The largest absolute Gasteiger partial charge is 0.508 e. The molecule has 0 aromatic heterocycles. The smallest absolute Gasteiger partial charge is 0.439 e. The molecule has 0 unspecified atom stereocenters. The monoisotopic (exact) mass is 342 g/mol. The van der Waals surface area contributed by atoms with Crippen LogP contribution >= 0.6 is 0 Å². The molecule has 1 amide bonds. The molecule has 24 heavy (non-hydrogen) atoms. The van der Waals surface area contributed by atoms with Gasteiger partial charge in [0.15, 0.2) is 0 Å². The molecule has 2 N–H and O–H groups in total. The predicted octanol–water partition coefficient (Wildman–Crippen LogP) is 2.89. The van der Waals surface area contributed by atoms with Crippen molar-refractivity contribution in [3.8, 4) is 5.75 Å². The molecule has 0 radical (unpaired) electrons. The molecule has 1 aliphatic heterocycles. The molecule has 1 aromatic carbocycles. The lowest BCUT2D eigenvalue weighted by atomic mass is 9.76. The van der Waals surface area contributed by atoms with E-state index in [4.69, 9.17) is 0 Å². The lowest BCUT2D eigenvalue weighted by Crippen LogP contribution is -2.61. The fourth-order valence-electron chi connectivity index (χ4n) is 3.34. The van der Waals surface area contributed by atoms with Crippen LogP contribution < -0.4 is 0 Å². The Morgan fingerprint density at radius 3 is 2.54 bits per heavy atom. The minimum atomic E-state index is -5.04. The molecular weight excluding hydrogens is 325 g/mol. The number of nitrogens with zero attached hydrogens (tertiary/aromatic N) is 2. The summed E-state index contributed by atoms with van der Waals surface area (Å²) in [5, 5.41) is 23.7. The van der Waals surface area contributed by atoms with Gasteiger partial charge in [-0.15, -0.1) is 0 Å². The molecule has 8 heteroatoms. The van der Waals surface area contributed by atoms with Gasteiger partial charge in [0.05, 0.1) is 5.92 Å². The van der Waals surface area contributed by atoms with Gasteiger partial charge in [-0.05, 0) is 49.4 Å². The Bertz CT molecular complexity index is 687. The molecule has 130 valence electrons. The maximum absolute atomic E-state index is 13.7. The number of aliphatic hydroxyl groups is 1. The van der Waals surface area contributed by atoms with Gasteiger partial charge in [0.2, 0.25) is 0 Å². The second-order valence-electron chi connectivity index (χ2n) is 6.41. The van der Waals surface area contributed by atoms with Crippen LogP contribution in [-0.2, 0) is 0 Å². The van der Waals surface area contributed by atoms with Crippen molar-refractivity contribution in [2.45, 2.75) is 38.1 Å². The van der Waals surface area contributed by atoms with Gasteiger partial charge in [0.1, 0.15) is 5.75 Å². The number of amides is 1. The zero-order valence-corrected chi connectivity index (χ0v) is 12.9. The molecule has 0 bridgehead atoms. The van der Waals surface area contributed by atoms with Gasteiger partial charge < -0.3 is 10.2 Å². The molecule has 3 rings (SSSR count). The van der Waals surface area contributed by atoms with Crippen LogP contribution in [0, 0.1) is 11.8 Å². The van der Waals surface area contributed by atoms with Crippen molar-refractivity contribution >= 4 is 11.6 Å². The Balaban J connectivity index is 2.03. The number of aromatic hydroxyl groups is 1. The van der Waals surface area contributed by atoms with E-state index in [9.17, 15) is 28.2 Å². The molecule has 5 nitrogen and oxygen atoms in total. The van der Waals surface area contributed by atoms with Gasteiger partial charge in [-0.25, -0.2) is 0 Å². The van der Waals surface area contributed by atoms with Crippen molar-refractivity contribution in [3.63, 3.8) is 0 Å². The molecule has 2 aliphatic rings. The van der Waals surface area contributed by atoms with Gasteiger partial charge in [-0.2, -0.15) is 23.3 Å². The predicted molar refractivity (Wildman–Crippen MR) is 79.2 cm³/mol. The molecule has 1 fully saturated rings. The average molecular weight is 342 g/mol. The lowest BCUT2D eigenvalue weighted by molar-refractivity contribution is -0.313. The number of phenolic OH excluding ortho intramolecular Hbond substituents is 1. The Kier molecular flexibility index (Phi) is 3.82. The standard InChI is InChI=1S/C16H17F3N2O3/c1-9-2-7-13-12(8-9)15(24,16(17,18)19)21(20-13)14(23)10-3-5-11(22)6-4-10/h3-6,9,12,22,24H,2,7-8H2,1H3/t9-,12-,15-/m1/s1. The summed E-state index contributed by atoms with van der Waals surface area (Å²) in [6, 6.07) is 4.77. The van der Waals surface area contributed by atoms with E-state index in [1.54, 1.807) is 0 Å². The van der Waals surface area contributed by atoms with E-state index in [0.29, 0.717) is 12.8 Å². The van der Waals surface area contributed by atoms with Crippen molar-refractivity contribution in [2.75, 3.05) is 0 Å². The van der Waals surface area contributed by atoms with E-state index in [0.717, 1.165) is 0 Å². The van der Waals surface area contributed by atoms with Crippen LogP contribution in [0.2, 0.25) is 0 Å². The minimum Gasteiger partial charge on any atom is -0.508 e. The number of hydrazone groups is 1. The number of phenols is 1. The third-order valence-electron chi connectivity index (χ3n) is 4.69. The highest BCUT2D eigenvalue weighted by Crippen LogP contribution is 2.49. The summed E-state index contributed by atoms with van der Waals surface area (Å²) in [7, 11) is 0. The molecular formula is C16H17F3N2O3. The van der Waals surface area contributed by atoms with Crippen molar-refractivity contribution in [2.24, 2.45) is 16.9 Å². The van der Waals surface area contributed by atoms with Gasteiger partial charge in [-0.1, -0.05) is 6.92 Å². The summed E-state index contributed by atoms with van der Waals surface area (Å²) in [5.41, 5.74) is -3.22. The molecule has 1 aliphatic carbocycles. The van der Waals surface area contributed by atoms with Crippen molar-refractivity contribution in [3.05, 3.63) is 29.8 Å². The van der Waals surface area contributed by atoms with Crippen LogP contribution in [0.15, 0.2) is 29.4 Å². The summed E-state index contributed by atoms with van der Waals surface area (Å²) in [6.45, 7) is 1.82. The maximum Gasteiger partial charge on any atom is 0.439 e. The minimum absolute atomic E-state index is 0.00606. The van der Waals surface area contributed by atoms with E-state index in [1.807, 2.05) is 6.92 Å². The molecule has 1 aromatic rings.